The minimum Gasteiger partial charge on any atom is -0.481 e. The first kappa shape index (κ1) is 15.6. The Morgan fingerprint density at radius 3 is 2.38 bits per heavy atom. The third kappa shape index (κ3) is 4.33. The number of amides is 1. The number of hydrogen-bond donors (Lipinski definition) is 1. The summed E-state index contributed by atoms with van der Waals surface area (Å²) in [6.45, 7) is 5.81. The van der Waals surface area contributed by atoms with Crippen molar-refractivity contribution in [3.63, 3.8) is 0 Å². The molecule has 0 aliphatic rings. The quantitative estimate of drug-likeness (QED) is 0.885. The number of nitrogens with one attached hydrogen (secondary N) is 1. The number of anilines is 1. The number of hydrogen-bond acceptors (Lipinski definition) is 2. The largest absolute Gasteiger partial charge is 0.481 e. The summed E-state index contributed by atoms with van der Waals surface area (Å²) in [7, 11) is 0. The third-order valence-corrected chi connectivity index (χ3v) is 3.80. The highest BCUT2D eigenvalue weighted by Gasteiger charge is 2.15. The highest BCUT2D eigenvalue weighted by Crippen LogP contribution is 2.19. The van der Waals surface area contributed by atoms with Crippen LogP contribution in [-0.2, 0) is 4.79 Å². The van der Waals surface area contributed by atoms with Crippen LogP contribution in [0.15, 0.2) is 46.9 Å². The molecule has 0 bridgehead atoms. The molecule has 2 aromatic carbocycles. The van der Waals surface area contributed by atoms with E-state index < -0.39 is 6.10 Å². The molecule has 2 aromatic rings. The van der Waals surface area contributed by atoms with Crippen LogP contribution in [0.5, 0.6) is 5.75 Å². The zero-order chi connectivity index (χ0) is 15.4. The van der Waals surface area contributed by atoms with E-state index in [2.05, 4.69) is 21.2 Å². The van der Waals surface area contributed by atoms with E-state index in [0.717, 1.165) is 15.7 Å². The summed E-state index contributed by atoms with van der Waals surface area (Å²) in [5, 5.41) is 2.83. The van der Waals surface area contributed by atoms with Gasteiger partial charge in [0.15, 0.2) is 6.10 Å². The molecule has 0 aliphatic carbocycles. The molecule has 4 heteroatoms. The lowest BCUT2D eigenvalue weighted by Crippen LogP contribution is -2.30. The normalized spacial score (nSPS) is 11.8. The van der Waals surface area contributed by atoms with Gasteiger partial charge in [-0.05, 0) is 68.3 Å². The van der Waals surface area contributed by atoms with Gasteiger partial charge in [-0.15, -0.1) is 0 Å². The Morgan fingerprint density at radius 2 is 1.76 bits per heavy atom. The second kappa shape index (κ2) is 6.76. The van der Waals surface area contributed by atoms with Crippen molar-refractivity contribution >= 4 is 27.5 Å². The summed E-state index contributed by atoms with van der Waals surface area (Å²) in [4.78, 5) is 12.1. The van der Waals surface area contributed by atoms with Crippen molar-refractivity contribution in [1.29, 1.82) is 0 Å². The van der Waals surface area contributed by atoms with Crippen LogP contribution in [0.4, 0.5) is 5.69 Å². The molecule has 0 fully saturated rings. The molecule has 3 nitrogen and oxygen atoms in total. The van der Waals surface area contributed by atoms with Crippen molar-refractivity contribution in [3.05, 3.63) is 58.1 Å². The van der Waals surface area contributed by atoms with Crippen molar-refractivity contribution in [2.45, 2.75) is 26.9 Å². The van der Waals surface area contributed by atoms with Crippen molar-refractivity contribution in [2.24, 2.45) is 0 Å². The van der Waals surface area contributed by atoms with Crippen LogP contribution in [0.1, 0.15) is 18.1 Å². The summed E-state index contributed by atoms with van der Waals surface area (Å²) in [5.41, 5.74) is 3.10. The first-order valence-corrected chi connectivity index (χ1v) is 7.55. The van der Waals surface area contributed by atoms with Crippen molar-refractivity contribution < 1.29 is 9.53 Å². The van der Waals surface area contributed by atoms with Gasteiger partial charge in [-0.2, -0.15) is 0 Å². The van der Waals surface area contributed by atoms with Gasteiger partial charge in [0.05, 0.1) is 0 Å². The van der Waals surface area contributed by atoms with Crippen LogP contribution < -0.4 is 10.1 Å². The molecule has 0 radical (unpaired) electrons. The first-order valence-electron chi connectivity index (χ1n) is 6.76. The lowest BCUT2D eigenvalue weighted by Gasteiger charge is -2.15. The number of benzene rings is 2. The highest BCUT2D eigenvalue weighted by atomic mass is 79.9. The lowest BCUT2D eigenvalue weighted by molar-refractivity contribution is -0.122. The predicted molar refractivity (Wildman–Crippen MR) is 88.8 cm³/mol. The molecule has 0 aliphatic heterocycles. The Balaban J connectivity index is 1.98. The van der Waals surface area contributed by atoms with E-state index in [1.165, 1.54) is 5.56 Å². The molecule has 1 N–H and O–H groups in total. The average Bonchev–Trinajstić information content (AvgIpc) is 2.45. The van der Waals surface area contributed by atoms with Gasteiger partial charge in [-0.1, -0.05) is 22.0 Å². The zero-order valence-corrected chi connectivity index (χ0v) is 13.9. The summed E-state index contributed by atoms with van der Waals surface area (Å²) < 4.78 is 6.66. The van der Waals surface area contributed by atoms with Gasteiger partial charge < -0.3 is 10.1 Å². The van der Waals surface area contributed by atoms with Gasteiger partial charge in [0.25, 0.3) is 5.91 Å². The van der Waals surface area contributed by atoms with Crippen molar-refractivity contribution in [1.82, 2.24) is 0 Å². The number of rotatable bonds is 4. The van der Waals surface area contributed by atoms with Crippen molar-refractivity contribution in [2.75, 3.05) is 5.32 Å². The average molecular weight is 348 g/mol. The lowest BCUT2D eigenvalue weighted by atomic mass is 10.1. The first-order chi connectivity index (χ1) is 9.95. The van der Waals surface area contributed by atoms with Gasteiger partial charge in [0, 0.05) is 10.2 Å². The van der Waals surface area contributed by atoms with E-state index in [9.17, 15) is 4.79 Å². The fraction of sp³-hybridized carbons (Fsp3) is 0.235. The number of carbonyl (C=O) groups excluding carboxylic acids is 1. The van der Waals surface area contributed by atoms with Crippen LogP contribution in [-0.4, -0.2) is 12.0 Å². The number of aryl methyl sites for hydroxylation is 2. The minimum absolute atomic E-state index is 0.171. The van der Waals surface area contributed by atoms with E-state index in [1.807, 2.05) is 56.3 Å². The summed E-state index contributed by atoms with van der Waals surface area (Å²) in [6.07, 6.45) is -0.559. The summed E-state index contributed by atoms with van der Waals surface area (Å²) in [5.74, 6) is 0.534. The number of halogens is 1. The topological polar surface area (TPSA) is 38.3 Å². The number of ether oxygens (including phenoxy) is 1. The Kier molecular flexibility index (Phi) is 5.02. The minimum atomic E-state index is -0.559. The summed E-state index contributed by atoms with van der Waals surface area (Å²) in [6, 6.07) is 13.2. The molecule has 0 saturated carbocycles. The standard InChI is InChI=1S/C17H18BrNO2/c1-11-4-9-16(10-12(11)2)21-13(3)17(20)19-15-7-5-14(18)6-8-15/h4-10,13H,1-3H3,(H,19,20). The second-order valence-corrected chi connectivity index (χ2v) is 5.92. The fourth-order valence-corrected chi connectivity index (χ4v) is 2.09. The Labute approximate surface area is 133 Å². The van der Waals surface area contributed by atoms with E-state index in [1.54, 1.807) is 6.92 Å². The molecule has 110 valence electrons. The maximum absolute atomic E-state index is 12.1. The SMILES string of the molecule is Cc1ccc(OC(C)C(=O)Nc2ccc(Br)cc2)cc1C. The van der Waals surface area contributed by atoms with Crippen LogP contribution in [0.25, 0.3) is 0 Å². The highest BCUT2D eigenvalue weighted by molar-refractivity contribution is 9.10. The van der Waals surface area contributed by atoms with Gasteiger partial charge in [0.2, 0.25) is 0 Å². The molecule has 1 atom stereocenters. The van der Waals surface area contributed by atoms with E-state index in [4.69, 9.17) is 4.74 Å². The van der Waals surface area contributed by atoms with Gasteiger partial charge in [-0.25, -0.2) is 0 Å². The number of carbonyl (C=O) groups is 1. The molecule has 0 spiro atoms. The molecule has 0 saturated heterocycles. The van der Waals surface area contributed by atoms with Gasteiger partial charge in [-0.3, -0.25) is 4.79 Å². The Morgan fingerprint density at radius 1 is 1.10 bits per heavy atom. The van der Waals surface area contributed by atoms with Crippen LogP contribution in [0.2, 0.25) is 0 Å². The summed E-state index contributed by atoms with van der Waals surface area (Å²) >= 11 is 3.36. The maximum Gasteiger partial charge on any atom is 0.265 e. The molecular weight excluding hydrogens is 330 g/mol. The van der Waals surface area contributed by atoms with Crippen LogP contribution in [0, 0.1) is 13.8 Å². The Hall–Kier alpha value is -1.81. The van der Waals surface area contributed by atoms with E-state index in [-0.39, 0.29) is 5.91 Å². The molecule has 0 heterocycles. The smallest absolute Gasteiger partial charge is 0.265 e. The molecule has 2 rings (SSSR count). The molecule has 21 heavy (non-hydrogen) atoms. The monoisotopic (exact) mass is 347 g/mol. The van der Waals surface area contributed by atoms with Gasteiger partial charge >= 0.3 is 0 Å². The van der Waals surface area contributed by atoms with Crippen LogP contribution in [0.3, 0.4) is 0 Å². The van der Waals surface area contributed by atoms with Crippen molar-refractivity contribution in [3.8, 4) is 5.75 Å². The second-order valence-electron chi connectivity index (χ2n) is 5.00. The molecule has 0 aromatic heterocycles. The van der Waals surface area contributed by atoms with Crippen LogP contribution >= 0.6 is 15.9 Å². The zero-order valence-electron chi connectivity index (χ0n) is 12.3. The predicted octanol–water partition coefficient (Wildman–Crippen LogP) is 4.47. The molecule has 1 unspecified atom stereocenters. The fourth-order valence-electron chi connectivity index (χ4n) is 1.82. The molecular formula is C17H18BrNO2. The van der Waals surface area contributed by atoms with E-state index in [0.29, 0.717) is 5.75 Å². The maximum atomic E-state index is 12.1. The molecule has 1 amide bonds. The van der Waals surface area contributed by atoms with Gasteiger partial charge in [0.1, 0.15) is 5.75 Å². The third-order valence-electron chi connectivity index (χ3n) is 3.27. The van der Waals surface area contributed by atoms with E-state index >= 15 is 0 Å². The Bertz CT molecular complexity index is 638.